The molecule has 94 valence electrons. The Balaban J connectivity index is 2.47. The average Bonchev–Trinajstić information content (AvgIpc) is 2.52. The van der Waals surface area contributed by atoms with E-state index in [1.165, 1.54) is 25.7 Å². The fourth-order valence-corrected chi connectivity index (χ4v) is 2.31. The van der Waals surface area contributed by atoms with E-state index in [4.69, 9.17) is 5.73 Å². The van der Waals surface area contributed by atoms with Crippen LogP contribution in [-0.4, -0.2) is 24.7 Å². The molecule has 4 heteroatoms. The van der Waals surface area contributed by atoms with E-state index in [2.05, 4.69) is 10.6 Å². The van der Waals surface area contributed by atoms with Gasteiger partial charge in [0.05, 0.1) is 5.54 Å². The minimum atomic E-state index is -0.158. The van der Waals surface area contributed by atoms with Crippen molar-refractivity contribution in [3.8, 4) is 0 Å². The van der Waals surface area contributed by atoms with Crippen LogP contribution in [0.5, 0.6) is 0 Å². The van der Waals surface area contributed by atoms with Gasteiger partial charge in [-0.1, -0.05) is 32.6 Å². The normalized spacial score (nSPS) is 19.9. The molecule has 4 N–H and O–H groups in total. The topological polar surface area (TPSA) is 67.2 Å². The minimum Gasteiger partial charge on any atom is -0.338 e. The van der Waals surface area contributed by atoms with Crippen LogP contribution < -0.4 is 16.4 Å². The summed E-state index contributed by atoms with van der Waals surface area (Å²) in [5.41, 5.74) is 5.68. The van der Waals surface area contributed by atoms with Gasteiger partial charge in [-0.3, -0.25) is 0 Å². The highest BCUT2D eigenvalue weighted by Crippen LogP contribution is 2.26. The summed E-state index contributed by atoms with van der Waals surface area (Å²) in [6.45, 7) is 3.32. The molecule has 0 aromatic heterocycles. The maximum absolute atomic E-state index is 11.7. The molecule has 0 aliphatic heterocycles. The van der Waals surface area contributed by atoms with Crippen LogP contribution in [0.25, 0.3) is 0 Å². The summed E-state index contributed by atoms with van der Waals surface area (Å²) in [6, 6.07) is -0.0609. The van der Waals surface area contributed by atoms with Gasteiger partial charge in [-0.25, -0.2) is 4.79 Å². The number of hydrogen-bond acceptors (Lipinski definition) is 2. The molecular formula is C12H25N3O. The van der Waals surface area contributed by atoms with Crippen molar-refractivity contribution in [2.75, 3.05) is 13.1 Å². The Morgan fingerprint density at radius 1 is 1.25 bits per heavy atom. The Bertz CT molecular complexity index is 210. The highest BCUT2D eigenvalue weighted by atomic mass is 16.2. The van der Waals surface area contributed by atoms with Crippen molar-refractivity contribution in [1.82, 2.24) is 10.6 Å². The summed E-state index contributed by atoms with van der Waals surface area (Å²) < 4.78 is 0. The van der Waals surface area contributed by atoms with Crippen molar-refractivity contribution >= 4 is 6.03 Å². The van der Waals surface area contributed by atoms with Gasteiger partial charge in [0, 0.05) is 13.1 Å². The van der Waals surface area contributed by atoms with E-state index in [9.17, 15) is 4.79 Å². The predicted octanol–water partition coefficient (Wildman–Crippen LogP) is 1.75. The van der Waals surface area contributed by atoms with E-state index in [-0.39, 0.29) is 11.6 Å². The Morgan fingerprint density at radius 3 is 2.38 bits per heavy atom. The standard InChI is InChI=1S/C12H25N3O/c1-2-9-14-11(16)15-12(10-13)7-5-3-4-6-8-12/h2-10,13H2,1H3,(H2,14,15,16). The van der Waals surface area contributed by atoms with Crippen molar-refractivity contribution in [2.24, 2.45) is 5.73 Å². The molecular weight excluding hydrogens is 202 g/mol. The predicted molar refractivity (Wildman–Crippen MR) is 66.3 cm³/mol. The third-order valence-electron chi connectivity index (χ3n) is 3.37. The molecule has 0 radical (unpaired) electrons. The van der Waals surface area contributed by atoms with E-state index in [0.717, 1.165) is 25.8 Å². The van der Waals surface area contributed by atoms with Crippen LogP contribution in [0.3, 0.4) is 0 Å². The second-order valence-electron chi connectivity index (χ2n) is 4.78. The van der Waals surface area contributed by atoms with Crippen LogP contribution in [0.4, 0.5) is 4.79 Å². The van der Waals surface area contributed by atoms with Gasteiger partial charge in [0.15, 0.2) is 0 Å². The van der Waals surface area contributed by atoms with Gasteiger partial charge >= 0.3 is 6.03 Å². The third kappa shape index (κ3) is 4.00. The average molecular weight is 227 g/mol. The first-order valence-corrected chi connectivity index (χ1v) is 6.48. The second kappa shape index (κ2) is 6.74. The summed E-state index contributed by atoms with van der Waals surface area (Å²) in [5, 5.41) is 5.94. The Kier molecular flexibility index (Phi) is 5.60. The van der Waals surface area contributed by atoms with E-state index in [1.807, 2.05) is 6.92 Å². The van der Waals surface area contributed by atoms with Crippen molar-refractivity contribution < 1.29 is 4.79 Å². The van der Waals surface area contributed by atoms with Gasteiger partial charge in [0.1, 0.15) is 0 Å². The number of carbonyl (C=O) groups is 1. The van der Waals surface area contributed by atoms with Gasteiger partial charge in [-0.15, -0.1) is 0 Å². The molecule has 1 saturated carbocycles. The molecule has 1 rings (SSSR count). The maximum Gasteiger partial charge on any atom is 0.315 e. The van der Waals surface area contributed by atoms with Crippen LogP contribution >= 0.6 is 0 Å². The van der Waals surface area contributed by atoms with Crippen molar-refractivity contribution in [2.45, 2.75) is 57.4 Å². The van der Waals surface area contributed by atoms with Crippen LogP contribution in [0.2, 0.25) is 0 Å². The molecule has 1 fully saturated rings. The third-order valence-corrected chi connectivity index (χ3v) is 3.37. The molecule has 1 aliphatic carbocycles. The molecule has 2 amide bonds. The lowest BCUT2D eigenvalue weighted by Gasteiger charge is -2.32. The number of amides is 2. The molecule has 0 heterocycles. The molecule has 0 aromatic carbocycles. The molecule has 0 bridgehead atoms. The molecule has 0 saturated heterocycles. The summed E-state index contributed by atoms with van der Waals surface area (Å²) in [7, 11) is 0. The maximum atomic E-state index is 11.7. The number of nitrogens with one attached hydrogen (secondary N) is 2. The second-order valence-corrected chi connectivity index (χ2v) is 4.78. The summed E-state index contributed by atoms with van der Waals surface area (Å²) in [6.07, 6.45) is 7.87. The largest absolute Gasteiger partial charge is 0.338 e. The van der Waals surface area contributed by atoms with Gasteiger partial charge in [0.2, 0.25) is 0 Å². The number of nitrogens with two attached hydrogens (primary N) is 1. The zero-order valence-electron chi connectivity index (χ0n) is 10.3. The number of hydrogen-bond donors (Lipinski definition) is 3. The number of carbonyl (C=O) groups excluding carboxylic acids is 1. The van der Waals surface area contributed by atoms with Crippen LogP contribution in [0, 0.1) is 0 Å². The van der Waals surface area contributed by atoms with E-state index >= 15 is 0 Å². The molecule has 0 unspecified atom stereocenters. The Hall–Kier alpha value is -0.770. The minimum absolute atomic E-state index is 0.0609. The van der Waals surface area contributed by atoms with E-state index in [0.29, 0.717) is 6.54 Å². The summed E-state index contributed by atoms with van der Waals surface area (Å²) in [5.74, 6) is 0. The molecule has 0 aromatic rings. The van der Waals surface area contributed by atoms with Gasteiger partial charge in [-0.2, -0.15) is 0 Å². The highest BCUT2D eigenvalue weighted by Gasteiger charge is 2.30. The van der Waals surface area contributed by atoms with Crippen molar-refractivity contribution in [3.63, 3.8) is 0 Å². The highest BCUT2D eigenvalue weighted by molar-refractivity contribution is 5.74. The SMILES string of the molecule is CCCNC(=O)NC1(CN)CCCCCC1. The van der Waals surface area contributed by atoms with E-state index in [1.54, 1.807) is 0 Å². The molecule has 16 heavy (non-hydrogen) atoms. The summed E-state index contributed by atoms with van der Waals surface area (Å²) in [4.78, 5) is 11.7. The number of urea groups is 1. The fraction of sp³-hybridized carbons (Fsp3) is 0.917. The first kappa shape index (κ1) is 13.3. The van der Waals surface area contributed by atoms with Crippen molar-refractivity contribution in [3.05, 3.63) is 0 Å². The van der Waals surface area contributed by atoms with Crippen LogP contribution in [-0.2, 0) is 0 Å². The molecule has 0 spiro atoms. The van der Waals surface area contributed by atoms with Gasteiger partial charge in [-0.05, 0) is 19.3 Å². The lowest BCUT2D eigenvalue weighted by atomic mass is 9.90. The van der Waals surface area contributed by atoms with E-state index < -0.39 is 0 Å². The smallest absolute Gasteiger partial charge is 0.315 e. The molecule has 1 aliphatic rings. The fourth-order valence-electron chi connectivity index (χ4n) is 2.31. The van der Waals surface area contributed by atoms with Crippen molar-refractivity contribution in [1.29, 1.82) is 0 Å². The lowest BCUT2D eigenvalue weighted by molar-refractivity contribution is 0.219. The first-order chi connectivity index (χ1) is 7.72. The lowest BCUT2D eigenvalue weighted by Crippen LogP contribution is -2.56. The first-order valence-electron chi connectivity index (χ1n) is 6.48. The number of rotatable bonds is 4. The zero-order valence-corrected chi connectivity index (χ0v) is 10.3. The molecule has 4 nitrogen and oxygen atoms in total. The van der Waals surface area contributed by atoms with Crippen LogP contribution in [0.1, 0.15) is 51.9 Å². The Morgan fingerprint density at radius 2 is 1.88 bits per heavy atom. The summed E-state index contributed by atoms with van der Waals surface area (Å²) >= 11 is 0. The van der Waals surface area contributed by atoms with Gasteiger partial charge < -0.3 is 16.4 Å². The monoisotopic (exact) mass is 227 g/mol. The Labute approximate surface area is 98.3 Å². The quantitative estimate of drug-likeness (QED) is 0.640. The molecule has 0 atom stereocenters. The zero-order chi connectivity index (χ0) is 11.9. The van der Waals surface area contributed by atoms with Crippen LogP contribution in [0.15, 0.2) is 0 Å². The van der Waals surface area contributed by atoms with Gasteiger partial charge in [0.25, 0.3) is 0 Å².